The largest absolute Gasteiger partial charge is 0.382 e. The third kappa shape index (κ3) is 3.97. The fourth-order valence-corrected chi connectivity index (χ4v) is 2.84. The summed E-state index contributed by atoms with van der Waals surface area (Å²) in [6.07, 6.45) is 5.25. The number of nitrogens with zero attached hydrogens (tertiary/aromatic N) is 4. The molecule has 0 aliphatic carbocycles. The minimum absolute atomic E-state index is 0.0344. The van der Waals surface area contributed by atoms with E-state index in [1.54, 1.807) is 31.5 Å². The smallest absolute Gasteiger partial charge is 0.242 e. The summed E-state index contributed by atoms with van der Waals surface area (Å²) in [6.45, 7) is 0.586. The van der Waals surface area contributed by atoms with Crippen LogP contribution >= 0.6 is 0 Å². The van der Waals surface area contributed by atoms with E-state index >= 15 is 0 Å². The third-order valence-electron chi connectivity index (χ3n) is 4.27. The van der Waals surface area contributed by atoms with E-state index in [9.17, 15) is 4.79 Å². The van der Waals surface area contributed by atoms with Crippen LogP contribution in [0.4, 0.5) is 0 Å². The molecule has 134 valence electrons. The van der Waals surface area contributed by atoms with Crippen LogP contribution in [0, 0.1) is 0 Å². The molecular weight excluding hydrogens is 328 g/mol. The predicted molar refractivity (Wildman–Crippen MR) is 99.3 cm³/mol. The van der Waals surface area contributed by atoms with Crippen molar-refractivity contribution in [2.24, 2.45) is 0 Å². The molecule has 6 heteroatoms. The molecule has 3 aromatic rings. The molecule has 2 aromatic heterocycles. The lowest BCUT2D eigenvalue weighted by atomic mass is 10.1. The zero-order chi connectivity index (χ0) is 18.4. The first-order chi connectivity index (χ1) is 12.7. The number of amides is 1. The molecule has 0 spiro atoms. The summed E-state index contributed by atoms with van der Waals surface area (Å²) in [5.41, 5.74) is 1.78. The second-order valence-corrected chi connectivity index (χ2v) is 5.98. The molecule has 1 amide bonds. The van der Waals surface area contributed by atoms with Crippen molar-refractivity contribution in [3.63, 3.8) is 0 Å². The Morgan fingerprint density at radius 1 is 1.12 bits per heavy atom. The number of ether oxygens (including phenoxy) is 1. The van der Waals surface area contributed by atoms with Crippen molar-refractivity contribution >= 4 is 5.91 Å². The molecule has 1 aromatic carbocycles. The molecule has 0 aliphatic rings. The number of imidazole rings is 1. The highest BCUT2D eigenvalue weighted by Gasteiger charge is 2.23. The van der Waals surface area contributed by atoms with Gasteiger partial charge in [-0.3, -0.25) is 9.78 Å². The Labute approximate surface area is 153 Å². The average molecular weight is 350 g/mol. The van der Waals surface area contributed by atoms with Crippen LogP contribution in [0.3, 0.4) is 0 Å². The van der Waals surface area contributed by atoms with Gasteiger partial charge in [0.1, 0.15) is 12.4 Å². The van der Waals surface area contributed by atoms with Gasteiger partial charge in [0, 0.05) is 38.3 Å². The zero-order valence-electron chi connectivity index (χ0n) is 14.9. The molecule has 26 heavy (non-hydrogen) atoms. The van der Waals surface area contributed by atoms with E-state index in [0.29, 0.717) is 6.61 Å². The van der Waals surface area contributed by atoms with Crippen LogP contribution in [-0.2, 0) is 16.1 Å². The van der Waals surface area contributed by atoms with Crippen molar-refractivity contribution < 1.29 is 9.53 Å². The number of benzene rings is 1. The lowest BCUT2D eigenvalue weighted by Gasteiger charge is -2.27. The number of rotatable bonds is 7. The van der Waals surface area contributed by atoms with E-state index in [1.807, 2.05) is 59.3 Å². The quantitative estimate of drug-likeness (QED) is 0.657. The van der Waals surface area contributed by atoms with Gasteiger partial charge in [-0.25, -0.2) is 4.98 Å². The molecule has 0 bridgehead atoms. The number of methoxy groups -OCH3 is 1. The van der Waals surface area contributed by atoms with Crippen molar-refractivity contribution in [1.29, 1.82) is 0 Å². The zero-order valence-corrected chi connectivity index (χ0v) is 14.9. The van der Waals surface area contributed by atoms with Crippen molar-refractivity contribution in [1.82, 2.24) is 19.4 Å². The minimum atomic E-state index is -0.239. The van der Waals surface area contributed by atoms with Gasteiger partial charge >= 0.3 is 0 Å². The first-order valence-corrected chi connectivity index (χ1v) is 8.42. The Morgan fingerprint density at radius 3 is 2.58 bits per heavy atom. The van der Waals surface area contributed by atoms with Crippen LogP contribution in [0.1, 0.15) is 11.7 Å². The first-order valence-electron chi connectivity index (χ1n) is 8.42. The summed E-state index contributed by atoms with van der Waals surface area (Å²) in [5, 5.41) is 0. The van der Waals surface area contributed by atoms with E-state index in [2.05, 4.69) is 9.97 Å². The highest BCUT2D eigenvalue weighted by atomic mass is 16.5. The Balaban J connectivity index is 1.78. The molecular formula is C20H22N4O2. The molecule has 0 aliphatic heterocycles. The van der Waals surface area contributed by atoms with Gasteiger partial charge in [0.15, 0.2) is 0 Å². The van der Waals surface area contributed by atoms with E-state index in [1.165, 1.54) is 0 Å². The highest BCUT2D eigenvalue weighted by Crippen LogP contribution is 2.20. The standard InChI is InChI=1S/C20H22N4O2/c1-23(18(15-26-2)17-10-6-7-11-21-17)19(25)14-24-13-12-22-20(24)16-8-4-3-5-9-16/h3-13,18H,14-15H2,1-2H3. The van der Waals surface area contributed by atoms with Gasteiger partial charge in [-0.05, 0) is 12.1 Å². The number of carbonyl (C=O) groups is 1. The van der Waals surface area contributed by atoms with Crippen molar-refractivity contribution in [3.8, 4) is 11.4 Å². The molecule has 0 N–H and O–H groups in total. The number of pyridine rings is 1. The lowest BCUT2D eigenvalue weighted by Crippen LogP contribution is -2.36. The van der Waals surface area contributed by atoms with E-state index in [-0.39, 0.29) is 18.5 Å². The fraction of sp³-hybridized carbons (Fsp3) is 0.250. The number of aromatic nitrogens is 3. The highest BCUT2D eigenvalue weighted by molar-refractivity contribution is 5.77. The van der Waals surface area contributed by atoms with Crippen LogP contribution in [-0.4, -0.2) is 46.1 Å². The summed E-state index contributed by atoms with van der Waals surface area (Å²) >= 11 is 0. The number of hydrogen-bond donors (Lipinski definition) is 0. The maximum absolute atomic E-state index is 12.9. The Hall–Kier alpha value is -2.99. The molecule has 6 nitrogen and oxygen atoms in total. The molecule has 1 unspecified atom stereocenters. The van der Waals surface area contributed by atoms with Gasteiger partial charge in [-0.2, -0.15) is 0 Å². The Kier molecular flexibility index (Phi) is 5.76. The monoisotopic (exact) mass is 350 g/mol. The van der Waals surface area contributed by atoms with Gasteiger partial charge in [0.05, 0.1) is 18.3 Å². The lowest BCUT2D eigenvalue weighted by molar-refractivity contribution is -0.133. The van der Waals surface area contributed by atoms with Gasteiger partial charge < -0.3 is 14.2 Å². The molecule has 0 radical (unpaired) electrons. The molecule has 0 saturated carbocycles. The SMILES string of the molecule is COCC(c1ccccn1)N(C)C(=O)Cn1ccnc1-c1ccccc1. The first kappa shape index (κ1) is 17.8. The fourth-order valence-electron chi connectivity index (χ4n) is 2.84. The predicted octanol–water partition coefficient (Wildman–Crippen LogP) is 2.79. The van der Waals surface area contributed by atoms with E-state index in [0.717, 1.165) is 17.1 Å². The molecule has 0 saturated heterocycles. The van der Waals surface area contributed by atoms with Crippen LogP contribution < -0.4 is 0 Å². The summed E-state index contributed by atoms with van der Waals surface area (Å²) in [7, 11) is 3.40. The normalized spacial score (nSPS) is 11.9. The summed E-state index contributed by atoms with van der Waals surface area (Å²) < 4.78 is 7.16. The summed E-state index contributed by atoms with van der Waals surface area (Å²) in [5.74, 6) is 0.737. The van der Waals surface area contributed by atoms with Crippen LogP contribution in [0.25, 0.3) is 11.4 Å². The van der Waals surface area contributed by atoms with Crippen LogP contribution in [0.2, 0.25) is 0 Å². The second kappa shape index (κ2) is 8.40. The van der Waals surface area contributed by atoms with Crippen molar-refractivity contribution in [3.05, 3.63) is 72.8 Å². The number of hydrogen-bond acceptors (Lipinski definition) is 4. The Morgan fingerprint density at radius 2 is 1.88 bits per heavy atom. The number of carbonyl (C=O) groups excluding carboxylic acids is 1. The Bertz CT molecular complexity index is 833. The summed E-state index contributed by atoms with van der Waals surface area (Å²) in [6, 6.07) is 15.3. The third-order valence-corrected chi connectivity index (χ3v) is 4.27. The van der Waals surface area contributed by atoms with Gasteiger partial charge in [0.2, 0.25) is 5.91 Å². The van der Waals surface area contributed by atoms with Crippen molar-refractivity contribution in [2.75, 3.05) is 20.8 Å². The maximum atomic E-state index is 12.9. The van der Waals surface area contributed by atoms with E-state index < -0.39 is 0 Å². The van der Waals surface area contributed by atoms with E-state index in [4.69, 9.17) is 4.74 Å². The number of likely N-dealkylation sites (N-methyl/N-ethyl adjacent to an activating group) is 1. The van der Waals surface area contributed by atoms with Gasteiger partial charge in [0.25, 0.3) is 0 Å². The van der Waals surface area contributed by atoms with Crippen LogP contribution in [0.15, 0.2) is 67.1 Å². The maximum Gasteiger partial charge on any atom is 0.242 e. The van der Waals surface area contributed by atoms with Crippen LogP contribution in [0.5, 0.6) is 0 Å². The summed E-state index contributed by atoms with van der Waals surface area (Å²) in [4.78, 5) is 23.3. The molecule has 3 rings (SSSR count). The minimum Gasteiger partial charge on any atom is -0.382 e. The average Bonchev–Trinajstić information content (AvgIpc) is 3.15. The van der Waals surface area contributed by atoms with Gasteiger partial charge in [-0.15, -0.1) is 0 Å². The second-order valence-electron chi connectivity index (χ2n) is 5.98. The topological polar surface area (TPSA) is 60.2 Å². The molecule has 2 heterocycles. The molecule has 0 fully saturated rings. The molecule has 1 atom stereocenters. The van der Waals surface area contributed by atoms with Crippen molar-refractivity contribution in [2.45, 2.75) is 12.6 Å². The van der Waals surface area contributed by atoms with Gasteiger partial charge in [-0.1, -0.05) is 36.4 Å².